The number of benzene rings is 3. The minimum Gasteiger partial charge on any atom is -0.462 e. The molecule has 0 aliphatic heterocycles. The van der Waals surface area contributed by atoms with Gasteiger partial charge in [-0.25, -0.2) is 9.59 Å². The van der Waals surface area contributed by atoms with Crippen LogP contribution in [-0.4, -0.2) is 29.8 Å². The molecular weight excluding hydrogens is 368 g/mol. The number of rotatable bonds is 6. The Morgan fingerprint density at radius 3 is 1.90 bits per heavy atom. The summed E-state index contributed by atoms with van der Waals surface area (Å²) in [5.41, 5.74) is 5.09. The van der Waals surface area contributed by atoms with Crippen molar-refractivity contribution in [2.24, 2.45) is 0 Å². The van der Waals surface area contributed by atoms with Gasteiger partial charge in [-0.05, 0) is 27.8 Å². The molecule has 0 amide bonds. The van der Waals surface area contributed by atoms with Gasteiger partial charge >= 0.3 is 11.9 Å². The summed E-state index contributed by atoms with van der Waals surface area (Å²) in [6.07, 6.45) is -1.97. The Morgan fingerprint density at radius 1 is 0.759 bits per heavy atom. The SMILES string of the molecule is O=C(OCc1ccccc1)C(O)C(=O)OCC1c2ccccc2-c2ccccc21. The molecule has 5 heteroatoms. The molecule has 5 nitrogen and oxygen atoms in total. The number of fused-ring (bicyclic) bond motifs is 3. The highest BCUT2D eigenvalue weighted by Gasteiger charge is 2.32. The molecule has 3 aromatic rings. The predicted octanol–water partition coefficient (Wildman–Crippen LogP) is 3.45. The average molecular weight is 388 g/mol. The lowest BCUT2D eigenvalue weighted by molar-refractivity contribution is -0.169. The summed E-state index contributed by atoms with van der Waals surface area (Å²) >= 11 is 0. The molecule has 0 bridgehead atoms. The summed E-state index contributed by atoms with van der Waals surface area (Å²) in [6.45, 7) is 0.0171. The highest BCUT2D eigenvalue weighted by molar-refractivity contribution is 5.97. The highest BCUT2D eigenvalue weighted by Crippen LogP contribution is 2.44. The van der Waals surface area contributed by atoms with Crippen LogP contribution < -0.4 is 0 Å². The molecular formula is C24H20O5. The van der Waals surface area contributed by atoms with Crippen molar-refractivity contribution in [1.29, 1.82) is 0 Å². The van der Waals surface area contributed by atoms with Crippen LogP contribution in [0.3, 0.4) is 0 Å². The second-order valence-corrected chi connectivity index (χ2v) is 6.85. The lowest BCUT2D eigenvalue weighted by Crippen LogP contribution is -2.34. The Hall–Kier alpha value is -3.44. The third-order valence-electron chi connectivity index (χ3n) is 5.03. The van der Waals surface area contributed by atoms with E-state index in [1.807, 2.05) is 66.7 Å². The van der Waals surface area contributed by atoms with Crippen molar-refractivity contribution in [3.63, 3.8) is 0 Å². The van der Waals surface area contributed by atoms with E-state index in [1.54, 1.807) is 12.1 Å². The Morgan fingerprint density at radius 2 is 1.28 bits per heavy atom. The quantitative estimate of drug-likeness (QED) is 0.517. The minimum atomic E-state index is -1.97. The van der Waals surface area contributed by atoms with Gasteiger partial charge in [0, 0.05) is 5.92 Å². The summed E-state index contributed by atoms with van der Waals surface area (Å²) in [5, 5.41) is 9.98. The smallest absolute Gasteiger partial charge is 0.347 e. The number of hydrogen-bond donors (Lipinski definition) is 1. The van der Waals surface area contributed by atoms with Gasteiger partial charge in [0.1, 0.15) is 13.2 Å². The fourth-order valence-electron chi connectivity index (χ4n) is 3.59. The van der Waals surface area contributed by atoms with E-state index in [9.17, 15) is 14.7 Å². The van der Waals surface area contributed by atoms with Crippen LogP contribution in [0.5, 0.6) is 0 Å². The molecule has 1 N–H and O–H groups in total. The minimum absolute atomic E-state index is 0.0204. The van der Waals surface area contributed by atoms with Gasteiger partial charge in [0.05, 0.1) is 0 Å². The Bertz CT molecular complexity index is 983. The second kappa shape index (κ2) is 8.29. The van der Waals surface area contributed by atoms with Crippen LogP contribution in [0.25, 0.3) is 11.1 Å². The van der Waals surface area contributed by atoms with E-state index in [1.165, 1.54) is 0 Å². The molecule has 4 rings (SSSR count). The standard InChI is InChI=1S/C24H20O5/c25-22(23(26)28-14-16-8-2-1-3-9-16)24(27)29-15-21-19-12-6-4-10-17(19)18-11-5-7-13-20(18)21/h1-13,21-22,25H,14-15H2. The molecule has 0 radical (unpaired) electrons. The first kappa shape index (κ1) is 18.9. The van der Waals surface area contributed by atoms with E-state index in [-0.39, 0.29) is 19.1 Å². The van der Waals surface area contributed by atoms with Crippen LogP contribution in [0.1, 0.15) is 22.6 Å². The van der Waals surface area contributed by atoms with Gasteiger partial charge in [-0.2, -0.15) is 0 Å². The van der Waals surface area contributed by atoms with Gasteiger partial charge in [0.25, 0.3) is 0 Å². The molecule has 0 heterocycles. The highest BCUT2D eigenvalue weighted by atomic mass is 16.6. The first-order valence-electron chi connectivity index (χ1n) is 9.38. The summed E-state index contributed by atoms with van der Waals surface area (Å²) in [7, 11) is 0. The number of carbonyl (C=O) groups is 2. The molecule has 1 atom stereocenters. The summed E-state index contributed by atoms with van der Waals surface area (Å²) in [5.74, 6) is -2.17. The maximum absolute atomic E-state index is 12.2. The van der Waals surface area contributed by atoms with Crippen molar-refractivity contribution in [2.75, 3.05) is 6.61 Å². The number of carbonyl (C=O) groups excluding carboxylic acids is 2. The zero-order valence-corrected chi connectivity index (χ0v) is 15.7. The maximum Gasteiger partial charge on any atom is 0.347 e. The number of esters is 2. The molecule has 146 valence electrons. The van der Waals surface area contributed by atoms with Gasteiger partial charge in [-0.1, -0.05) is 78.9 Å². The summed E-state index contributed by atoms with van der Waals surface area (Å²) in [4.78, 5) is 24.2. The van der Waals surface area contributed by atoms with Crippen molar-refractivity contribution >= 4 is 11.9 Å². The van der Waals surface area contributed by atoms with Crippen LogP contribution in [-0.2, 0) is 25.7 Å². The van der Waals surface area contributed by atoms with Gasteiger partial charge in [0.15, 0.2) is 0 Å². The van der Waals surface area contributed by atoms with Crippen molar-refractivity contribution in [2.45, 2.75) is 18.6 Å². The zero-order chi connectivity index (χ0) is 20.2. The zero-order valence-electron chi connectivity index (χ0n) is 15.7. The fourth-order valence-corrected chi connectivity index (χ4v) is 3.59. The van der Waals surface area contributed by atoms with Crippen LogP contribution in [0.4, 0.5) is 0 Å². The van der Waals surface area contributed by atoms with E-state index >= 15 is 0 Å². The molecule has 1 aliphatic rings. The number of aliphatic hydroxyl groups is 1. The van der Waals surface area contributed by atoms with Crippen LogP contribution in [0.15, 0.2) is 78.9 Å². The third-order valence-corrected chi connectivity index (χ3v) is 5.03. The monoisotopic (exact) mass is 388 g/mol. The number of aliphatic hydroxyl groups excluding tert-OH is 1. The molecule has 0 spiro atoms. The predicted molar refractivity (Wildman–Crippen MR) is 107 cm³/mol. The van der Waals surface area contributed by atoms with Crippen molar-refractivity contribution < 1.29 is 24.2 Å². The molecule has 0 fully saturated rings. The Labute approximate surface area is 168 Å². The first-order valence-corrected chi connectivity index (χ1v) is 9.38. The maximum atomic E-state index is 12.2. The van der Waals surface area contributed by atoms with E-state index in [0.717, 1.165) is 27.8 Å². The van der Waals surface area contributed by atoms with Gasteiger partial charge in [-0.15, -0.1) is 0 Å². The summed E-state index contributed by atoms with van der Waals surface area (Å²) in [6, 6.07) is 24.9. The fraction of sp³-hybridized carbons (Fsp3) is 0.167. The van der Waals surface area contributed by atoms with Crippen LogP contribution >= 0.6 is 0 Å². The van der Waals surface area contributed by atoms with Crippen molar-refractivity contribution in [3.8, 4) is 11.1 Å². The first-order chi connectivity index (χ1) is 14.1. The van der Waals surface area contributed by atoms with E-state index in [4.69, 9.17) is 9.47 Å². The van der Waals surface area contributed by atoms with Crippen molar-refractivity contribution in [3.05, 3.63) is 95.6 Å². The molecule has 3 aromatic carbocycles. The lowest BCUT2D eigenvalue weighted by atomic mass is 9.98. The molecule has 0 aromatic heterocycles. The van der Waals surface area contributed by atoms with Crippen molar-refractivity contribution in [1.82, 2.24) is 0 Å². The number of hydrogen-bond acceptors (Lipinski definition) is 5. The average Bonchev–Trinajstić information content (AvgIpc) is 3.10. The molecule has 1 unspecified atom stereocenters. The Balaban J connectivity index is 1.38. The third kappa shape index (κ3) is 3.91. The summed E-state index contributed by atoms with van der Waals surface area (Å²) < 4.78 is 10.3. The van der Waals surface area contributed by atoms with Crippen LogP contribution in [0, 0.1) is 0 Å². The Kier molecular flexibility index (Phi) is 5.40. The van der Waals surface area contributed by atoms with E-state index < -0.39 is 18.0 Å². The normalized spacial score (nSPS) is 13.3. The molecule has 0 saturated heterocycles. The van der Waals surface area contributed by atoms with Gasteiger partial charge in [-0.3, -0.25) is 0 Å². The second-order valence-electron chi connectivity index (χ2n) is 6.85. The van der Waals surface area contributed by atoms with Crippen LogP contribution in [0.2, 0.25) is 0 Å². The lowest BCUT2D eigenvalue weighted by Gasteiger charge is -2.16. The van der Waals surface area contributed by atoms with E-state index in [2.05, 4.69) is 0 Å². The van der Waals surface area contributed by atoms with Gasteiger partial charge in [0.2, 0.25) is 6.10 Å². The van der Waals surface area contributed by atoms with Gasteiger partial charge < -0.3 is 14.6 Å². The number of ether oxygens (including phenoxy) is 2. The van der Waals surface area contributed by atoms with E-state index in [0.29, 0.717) is 0 Å². The molecule has 0 saturated carbocycles. The molecule has 29 heavy (non-hydrogen) atoms. The topological polar surface area (TPSA) is 72.8 Å². The largest absolute Gasteiger partial charge is 0.462 e. The molecule has 1 aliphatic carbocycles.